The second kappa shape index (κ2) is 2.98. The van der Waals surface area contributed by atoms with Gasteiger partial charge in [0.15, 0.2) is 6.17 Å². The average Bonchev–Trinajstić information content (AvgIpc) is 1.84. The molecule has 0 heterocycles. The van der Waals surface area contributed by atoms with Crippen LogP contribution in [-0.2, 0) is 9.59 Å². The molecule has 1 rings (SSSR count). The van der Waals surface area contributed by atoms with Crippen molar-refractivity contribution in [2.45, 2.75) is 25.4 Å². The molecule has 1 saturated carbocycles. The van der Waals surface area contributed by atoms with Gasteiger partial charge in [-0.2, -0.15) is 0 Å². The smallest absolute Gasteiger partial charge is 0.338 e. The maximum atomic E-state index is 12.4. The summed E-state index contributed by atoms with van der Waals surface area (Å²) in [7, 11) is 0. The Hall–Kier alpha value is -0.930. The summed E-state index contributed by atoms with van der Waals surface area (Å²) >= 11 is 0. The van der Waals surface area contributed by atoms with Crippen LogP contribution in [0, 0.1) is 5.92 Å². The number of aliphatic carboxylic acids is 1. The molecule has 11 heavy (non-hydrogen) atoms. The summed E-state index contributed by atoms with van der Waals surface area (Å²) in [6, 6.07) is 0. The number of alkyl halides is 1. The van der Waals surface area contributed by atoms with Crippen LogP contribution < -0.4 is 0 Å². The summed E-state index contributed by atoms with van der Waals surface area (Å²) < 4.78 is 12.4. The first-order valence-corrected chi connectivity index (χ1v) is 3.48. The average molecular weight is 160 g/mol. The van der Waals surface area contributed by atoms with E-state index >= 15 is 0 Å². The molecule has 0 aliphatic heterocycles. The summed E-state index contributed by atoms with van der Waals surface area (Å²) in [5.41, 5.74) is 0. The predicted octanol–water partition coefficient (Wildman–Crippen LogP) is 0.778. The zero-order valence-corrected chi connectivity index (χ0v) is 5.92. The van der Waals surface area contributed by atoms with E-state index < -0.39 is 12.1 Å². The lowest BCUT2D eigenvalue weighted by Gasteiger charge is -2.23. The van der Waals surface area contributed by atoms with Crippen molar-refractivity contribution in [1.82, 2.24) is 0 Å². The fourth-order valence-electron chi connectivity index (χ4n) is 1.14. The number of Topliss-reactive ketones (excluding diaryl/α,β-unsaturated/α-hetero) is 1. The minimum Gasteiger partial charge on any atom is -0.479 e. The second-order valence-electron chi connectivity index (χ2n) is 2.85. The van der Waals surface area contributed by atoms with E-state index in [2.05, 4.69) is 0 Å². The van der Waals surface area contributed by atoms with Crippen molar-refractivity contribution < 1.29 is 19.1 Å². The minimum absolute atomic E-state index is 0.0128. The molecule has 0 saturated heterocycles. The van der Waals surface area contributed by atoms with Crippen molar-refractivity contribution in [3.05, 3.63) is 0 Å². The lowest BCUT2D eigenvalue weighted by molar-refractivity contribution is -0.144. The van der Waals surface area contributed by atoms with E-state index in [4.69, 9.17) is 5.11 Å². The first-order valence-electron chi connectivity index (χ1n) is 3.48. The van der Waals surface area contributed by atoms with Gasteiger partial charge in [-0.05, 0) is 12.3 Å². The zero-order valence-electron chi connectivity index (χ0n) is 5.92. The number of hydrogen-bond acceptors (Lipinski definition) is 2. The van der Waals surface area contributed by atoms with Crippen LogP contribution in [0.5, 0.6) is 0 Å². The monoisotopic (exact) mass is 160 g/mol. The maximum Gasteiger partial charge on any atom is 0.338 e. The molecule has 1 atom stereocenters. The van der Waals surface area contributed by atoms with Gasteiger partial charge >= 0.3 is 5.97 Å². The summed E-state index contributed by atoms with van der Waals surface area (Å²) in [4.78, 5) is 20.4. The number of hydrogen-bond donors (Lipinski definition) is 1. The molecule has 0 aromatic carbocycles. The van der Waals surface area contributed by atoms with E-state index in [1.165, 1.54) is 0 Å². The van der Waals surface area contributed by atoms with Crippen LogP contribution in [0.15, 0.2) is 0 Å². The summed E-state index contributed by atoms with van der Waals surface area (Å²) in [5, 5.41) is 8.16. The van der Waals surface area contributed by atoms with Crippen LogP contribution in [-0.4, -0.2) is 23.0 Å². The van der Waals surface area contributed by atoms with Crippen LogP contribution in [0.3, 0.4) is 0 Å². The molecule has 62 valence electrons. The molecule has 0 aromatic rings. The van der Waals surface area contributed by atoms with Crippen molar-refractivity contribution in [2.24, 2.45) is 5.92 Å². The molecule has 1 N–H and O–H groups in total. The Kier molecular flexibility index (Phi) is 2.22. The van der Waals surface area contributed by atoms with Crippen molar-refractivity contribution >= 4 is 11.8 Å². The summed E-state index contributed by atoms with van der Waals surface area (Å²) in [6.45, 7) is 0. The van der Waals surface area contributed by atoms with Crippen LogP contribution >= 0.6 is 0 Å². The van der Waals surface area contributed by atoms with Gasteiger partial charge in [0.25, 0.3) is 0 Å². The van der Waals surface area contributed by atoms with E-state index in [9.17, 15) is 14.0 Å². The number of ketones is 1. The van der Waals surface area contributed by atoms with Gasteiger partial charge in [-0.25, -0.2) is 9.18 Å². The van der Waals surface area contributed by atoms with Crippen LogP contribution in [0.2, 0.25) is 0 Å². The first-order chi connectivity index (χ1) is 5.09. The SMILES string of the molecule is O=C1CC(CC(F)C(=O)O)C1. The number of carbonyl (C=O) groups is 2. The van der Waals surface area contributed by atoms with Crippen molar-refractivity contribution in [3.8, 4) is 0 Å². The highest BCUT2D eigenvalue weighted by atomic mass is 19.1. The van der Waals surface area contributed by atoms with Gasteiger partial charge < -0.3 is 5.11 Å². The normalized spacial score (nSPS) is 21.0. The molecular weight excluding hydrogens is 151 g/mol. The van der Waals surface area contributed by atoms with E-state index in [0.29, 0.717) is 12.8 Å². The number of carbonyl (C=O) groups excluding carboxylic acids is 1. The lowest BCUT2D eigenvalue weighted by Crippen LogP contribution is -2.28. The zero-order chi connectivity index (χ0) is 8.43. The molecule has 4 heteroatoms. The Morgan fingerprint density at radius 2 is 2.27 bits per heavy atom. The van der Waals surface area contributed by atoms with E-state index in [0.717, 1.165) is 0 Å². The van der Waals surface area contributed by atoms with Gasteiger partial charge in [0.05, 0.1) is 0 Å². The first kappa shape index (κ1) is 8.17. The highest BCUT2D eigenvalue weighted by molar-refractivity contribution is 5.84. The lowest BCUT2D eigenvalue weighted by atomic mass is 9.80. The van der Waals surface area contributed by atoms with Gasteiger partial charge in [0, 0.05) is 12.8 Å². The van der Waals surface area contributed by atoms with E-state index in [-0.39, 0.29) is 18.1 Å². The van der Waals surface area contributed by atoms with Gasteiger partial charge in [0.1, 0.15) is 5.78 Å². The van der Waals surface area contributed by atoms with Crippen LogP contribution in [0.25, 0.3) is 0 Å². The number of rotatable bonds is 3. The van der Waals surface area contributed by atoms with Crippen molar-refractivity contribution in [1.29, 1.82) is 0 Å². The standard InChI is InChI=1S/C7H9FO3/c8-6(7(10)11)3-4-1-5(9)2-4/h4,6H,1-3H2,(H,10,11). The fraction of sp³-hybridized carbons (Fsp3) is 0.714. The summed E-state index contributed by atoms with van der Waals surface area (Å²) in [5.74, 6) is -1.36. The Labute approximate surface area is 63.2 Å². The quantitative estimate of drug-likeness (QED) is 0.663. The molecule has 1 aliphatic carbocycles. The Balaban J connectivity index is 2.21. The predicted molar refractivity (Wildman–Crippen MR) is 34.9 cm³/mol. The summed E-state index contributed by atoms with van der Waals surface area (Å²) in [6.07, 6.45) is -1.10. The molecule has 1 unspecified atom stereocenters. The van der Waals surface area contributed by atoms with Crippen molar-refractivity contribution in [3.63, 3.8) is 0 Å². The van der Waals surface area contributed by atoms with Crippen LogP contribution in [0.4, 0.5) is 4.39 Å². The number of carboxylic acids is 1. The third kappa shape index (κ3) is 2.00. The topological polar surface area (TPSA) is 54.4 Å². The Morgan fingerprint density at radius 3 is 2.64 bits per heavy atom. The molecule has 1 aliphatic rings. The largest absolute Gasteiger partial charge is 0.479 e. The highest BCUT2D eigenvalue weighted by Crippen LogP contribution is 2.28. The molecular formula is C7H9FO3. The van der Waals surface area contributed by atoms with Crippen molar-refractivity contribution in [2.75, 3.05) is 0 Å². The van der Waals surface area contributed by atoms with E-state index in [1.54, 1.807) is 0 Å². The Bertz CT molecular complexity index is 182. The fourth-order valence-corrected chi connectivity index (χ4v) is 1.14. The molecule has 0 spiro atoms. The van der Waals surface area contributed by atoms with Crippen LogP contribution in [0.1, 0.15) is 19.3 Å². The molecule has 0 bridgehead atoms. The number of carboxylic acid groups (broad SMARTS) is 1. The molecule has 3 nitrogen and oxygen atoms in total. The molecule has 0 radical (unpaired) electrons. The maximum absolute atomic E-state index is 12.4. The third-order valence-electron chi connectivity index (χ3n) is 1.84. The molecule has 1 fully saturated rings. The Morgan fingerprint density at radius 1 is 1.73 bits per heavy atom. The minimum atomic E-state index is -1.80. The third-order valence-corrected chi connectivity index (χ3v) is 1.84. The second-order valence-corrected chi connectivity index (χ2v) is 2.85. The molecule has 0 aromatic heterocycles. The van der Waals surface area contributed by atoms with Gasteiger partial charge in [0.2, 0.25) is 0 Å². The van der Waals surface area contributed by atoms with Gasteiger partial charge in [-0.1, -0.05) is 0 Å². The van der Waals surface area contributed by atoms with E-state index in [1.807, 2.05) is 0 Å². The van der Waals surface area contributed by atoms with Gasteiger partial charge in [-0.15, -0.1) is 0 Å². The molecule has 0 amide bonds. The highest BCUT2D eigenvalue weighted by Gasteiger charge is 2.31. The van der Waals surface area contributed by atoms with Gasteiger partial charge in [-0.3, -0.25) is 4.79 Å². The number of halogens is 1.